The number of rotatable bonds is 2. The van der Waals surface area contributed by atoms with Crippen molar-refractivity contribution in [1.29, 1.82) is 0 Å². The molecular weight excluding hydrogens is 306 g/mol. The van der Waals surface area contributed by atoms with Crippen molar-refractivity contribution in [2.75, 3.05) is 12.8 Å². The van der Waals surface area contributed by atoms with Crippen LogP contribution in [0.25, 0.3) is 0 Å². The molecule has 1 heterocycles. The maximum absolute atomic E-state index is 5.94. The summed E-state index contributed by atoms with van der Waals surface area (Å²) in [6.07, 6.45) is 4.10. The third-order valence-corrected chi connectivity index (χ3v) is 5.23. The van der Waals surface area contributed by atoms with Crippen LogP contribution in [0.15, 0.2) is 4.47 Å². The van der Waals surface area contributed by atoms with Crippen molar-refractivity contribution in [1.82, 2.24) is 9.97 Å². The van der Waals surface area contributed by atoms with E-state index in [2.05, 4.69) is 39.7 Å². The maximum atomic E-state index is 5.94. The van der Waals surface area contributed by atoms with Crippen LogP contribution in [-0.2, 0) is 10.3 Å². The van der Waals surface area contributed by atoms with Crippen LogP contribution in [0.2, 0.25) is 0 Å². The van der Waals surface area contributed by atoms with Gasteiger partial charge in [-0.25, -0.2) is 9.97 Å². The summed E-state index contributed by atoms with van der Waals surface area (Å²) in [5.41, 5.74) is 6.80. The van der Waals surface area contributed by atoms with Gasteiger partial charge in [-0.05, 0) is 54.0 Å². The first kappa shape index (κ1) is 14.7. The van der Waals surface area contributed by atoms with Gasteiger partial charge in [-0.3, -0.25) is 0 Å². The van der Waals surface area contributed by atoms with Crippen molar-refractivity contribution >= 4 is 21.7 Å². The largest absolute Gasteiger partial charge is 0.383 e. The summed E-state index contributed by atoms with van der Waals surface area (Å²) in [7, 11) is 1.75. The Kier molecular flexibility index (Phi) is 3.89. The van der Waals surface area contributed by atoms with Crippen LogP contribution >= 0.6 is 15.9 Å². The van der Waals surface area contributed by atoms with Gasteiger partial charge in [0.25, 0.3) is 0 Å². The number of hydrogen-bond acceptors (Lipinski definition) is 4. The van der Waals surface area contributed by atoms with E-state index in [4.69, 9.17) is 10.5 Å². The van der Waals surface area contributed by atoms with E-state index in [0.29, 0.717) is 11.2 Å². The van der Waals surface area contributed by atoms with Gasteiger partial charge in [-0.2, -0.15) is 0 Å². The summed E-state index contributed by atoms with van der Waals surface area (Å²) in [4.78, 5) is 9.03. The van der Waals surface area contributed by atoms with Crippen molar-refractivity contribution in [3.8, 4) is 0 Å². The van der Waals surface area contributed by atoms with Crippen molar-refractivity contribution in [3.63, 3.8) is 0 Å². The lowest BCUT2D eigenvalue weighted by atomic mass is 9.70. The fourth-order valence-electron chi connectivity index (χ4n) is 2.63. The number of ether oxygens (including phenoxy) is 1. The van der Waals surface area contributed by atoms with E-state index in [0.717, 1.165) is 41.7 Å². The first-order valence-corrected chi connectivity index (χ1v) is 7.44. The number of anilines is 1. The highest BCUT2D eigenvalue weighted by molar-refractivity contribution is 9.10. The van der Waals surface area contributed by atoms with E-state index >= 15 is 0 Å². The van der Waals surface area contributed by atoms with Crippen molar-refractivity contribution in [2.45, 2.75) is 52.1 Å². The molecule has 0 bridgehead atoms. The number of nitrogens with zero attached hydrogens (tertiary/aromatic N) is 2. The van der Waals surface area contributed by atoms with E-state index in [-0.39, 0.29) is 5.60 Å². The molecule has 0 radical (unpaired) electrons. The number of hydrogen-bond donors (Lipinski definition) is 1. The second-order valence-corrected chi connectivity index (χ2v) is 6.99. The van der Waals surface area contributed by atoms with E-state index in [1.807, 2.05) is 6.92 Å². The Hall–Kier alpha value is -0.680. The highest BCUT2D eigenvalue weighted by Gasteiger charge is 2.42. The second-order valence-electron chi connectivity index (χ2n) is 6.19. The van der Waals surface area contributed by atoms with Gasteiger partial charge in [0, 0.05) is 7.11 Å². The predicted octanol–water partition coefficient (Wildman–Crippen LogP) is 3.57. The third-order valence-electron chi connectivity index (χ3n) is 4.25. The summed E-state index contributed by atoms with van der Waals surface area (Å²) in [6, 6.07) is 0. The number of aromatic nitrogens is 2. The summed E-state index contributed by atoms with van der Waals surface area (Å²) < 4.78 is 6.59. The number of halogens is 1. The van der Waals surface area contributed by atoms with Crippen molar-refractivity contribution in [2.24, 2.45) is 5.41 Å². The number of nitrogen functional groups attached to an aromatic ring is 1. The standard InChI is InChI=1S/C14H22BrN3O/c1-9-10(15)11(16)18-12(17-9)14(19-4)7-5-13(2,3)6-8-14/h5-8H2,1-4H3,(H2,16,17,18). The van der Waals surface area contributed by atoms with Gasteiger partial charge < -0.3 is 10.5 Å². The number of methoxy groups -OCH3 is 1. The Labute approximate surface area is 123 Å². The van der Waals surface area contributed by atoms with Crippen LogP contribution in [0.5, 0.6) is 0 Å². The molecule has 19 heavy (non-hydrogen) atoms. The fraction of sp³-hybridized carbons (Fsp3) is 0.714. The zero-order valence-electron chi connectivity index (χ0n) is 12.1. The Morgan fingerprint density at radius 2 is 1.74 bits per heavy atom. The minimum absolute atomic E-state index is 0.373. The van der Waals surface area contributed by atoms with Crippen molar-refractivity contribution < 1.29 is 4.74 Å². The summed E-state index contributed by atoms with van der Waals surface area (Å²) >= 11 is 3.40. The average molecular weight is 328 g/mol. The first-order chi connectivity index (χ1) is 8.80. The van der Waals surface area contributed by atoms with Crippen LogP contribution < -0.4 is 5.73 Å². The molecule has 1 aliphatic carbocycles. The van der Waals surface area contributed by atoms with E-state index in [1.54, 1.807) is 7.11 Å². The molecule has 0 saturated heterocycles. The zero-order valence-corrected chi connectivity index (χ0v) is 13.7. The Morgan fingerprint density at radius 1 is 1.16 bits per heavy atom. The van der Waals surface area contributed by atoms with Gasteiger partial charge >= 0.3 is 0 Å². The van der Waals surface area contributed by atoms with Crippen molar-refractivity contribution in [3.05, 3.63) is 16.0 Å². The molecule has 1 saturated carbocycles. The van der Waals surface area contributed by atoms with E-state index in [9.17, 15) is 0 Å². The lowest BCUT2D eigenvalue weighted by Crippen LogP contribution is -2.38. The first-order valence-electron chi connectivity index (χ1n) is 6.65. The van der Waals surface area contributed by atoms with Gasteiger partial charge in [0.15, 0.2) is 5.82 Å². The van der Waals surface area contributed by atoms with Crippen LogP contribution in [0.1, 0.15) is 51.0 Å². The molecule has 1 aromatic rings. The smallest absolute Gasteiger partial charge is 0.162 e. The number of nitrogens with two attached hydrogens (primary N) is 1. The molecule has 5 heteroatoms. The molecule has 2 rings (SSSR count). The molecule has 0 aromatic carbocycles. The predicted molar refractivity (Wildman–Crippen MR) is 79.8 cm³/mol. The minimum Gasteiger partial charge on any atom is -0.383 e. The molecule has 0 spiro atoms. The molecule has 1 fully saturated rings. The SMILES string of the molecule is COC1(c2nc(C)c(Br)c(N)n2)CCC(C)(C)CC1. The van der Waals surface area contributed by atoms with E-state index in [1.165, 1.54) is 0 Å². The molecular formula is C14H22BrN3O. The molecule has 2 N–H and O–H groups in total. The van der Waals surface area contributed by atoms with Gasteiger partial charge in [-0.15, -0.1) is 0 Å². The van der Waals surface area contributed by atoms with Gasteiger partial charge in [0.1, 0.15) is 11.4 Å². The number of aryl methyl sites for hydroxylation is 1. The molecule has 1 aliphatic rings. The summed E-state index contributed by atoms with van der Waals surface area (Å²) in [6.45, 7) is 6.53. The topological polar surface area (TPSA) is 61.0 Å². The monoisotopic (exact) mass is 327 g/mol. The molecule has 106 valence electrons. The minimum atomic E-state index is -0.380. The second kappa shape index (κ2) is 5.02. The summed E-state index contributed by atoms with van der Waals surface area (Å²) in [5, 5.41) is 0. The van der Waals surface area contributed by atoms with Crippen LogP contribution in [0, 0.1) is 12.3 Å². The Balaban J connectivity index is 2.38. The van der Waals surface area contributed by atoms with Gasteiger partial charge in [0.2, 0.25) is 0 Å². The highest BCUT2D eigenvalue weighted by Crippen LogP contribution is 2.46. The van der Waals surface area contributed by atoms with E-state index < -0.39 is 0 Å². The third kappa shape index (κ3) is 2.77. The van der Waals surface area contributed by atoms with Crippen LogP contribution in [-0.4, -0.2) is 17.1 Å². The van der Waals surface area contributed by atoms with Gasteiger partial charge in [0.05, 0.1) is 10.2 Å². The average Bonchev–Trinajstić information content (AvgIpc) is 2.36. The highest BCUT2D eigenvalue weighted by atomic mass is 79.9. The van der Waals surface area contributed by atoms with Gasteiger partial charge in [-0.1, -0.05) is 13.8 Å². The van der Waals surface area contributed by atoms with Crippen LogP contribution in [0.3, 0.4) is 0 Å². The Bertz CT molecular complexity index is 455. The molecule has 0 amide bonds. The molecule has 1 aromatic heterocycles. The zero-order chi connectivity index (χ0) is 14.3. The molecule has 0 aliphatic heterocycles. The molecule has 0 unspecified atom stereocenters. The lowest BCUT2D eigenvalue weighted by molar-refractivity contribution is -0.0729. The van der Waals surface area contributed by atoms with Crippen LogP contribution in [0.4, 0.5) is 5.82 Å². The lowest BCUT2D eigenvalue weighted by Gasteiger charge is -2.41. The maximum Gasteiger partial charge on any atom is 0.162 e. The normalized spacial score (nSPS) is 21.3. The fourth-order valence-corrected chi connectivity index (χ4v) is 2.81. The quantitative estimate of drug-likeness (QED) is 0.901. The Morgan fingerprint density at radius 3 is 2.21 bits per heavy atom. The molecule has 4 nitrogen and oxygen atoms in total. The summed E-state index contributed by atoms with van der Waals surface area (Å²) in [5.74, 6) is 1.22. The molecule has 0 atom stereocenters.